The van der Waals surface area contributed by atoms with E-state index in [0.29, 0.717) is 20.5 Å². The van der Waals surface area contributed by atoms with Crippen molar-refractivity contribution in [3.63, 3.8) is 0 Å². The summed E-state index contributed by atoms with van der Waals surface area (Å²) < 4.78 is 15.7. The number of halogens is 1. The summed E-state index contributed by atoms with van der Waals surface area (Å²) in [5.74, 6) is -0.680. The monoisotopic (exact) mass is 414 g/mol. The summed E-state index contributed by atoms with van der Waals surface area (Å²) in [5.41, 5.74) is 0.658. The first-order valence-electron chi connectivity index (χ1n) is 7.96. The van der Waals surface area contributed by atoms with E-state index < -0.39 is 6.04 Å². The predicted octanol–water partition coefficient (Wildman–Crippen LogP) is 2.93. The van der Waals surface area contributed by atoms with Crippen LogP contribution in [0.5, 0.6) is 0 Å². The van der Waals surface area contributed by atoms with Gasteiger partial charge in [0, 0.05) is 6.54 Å². The van der Waals surface area contributed by atoms with Gasteiger partial charge in [-0.1, -0.05) is 30.0 Å². The molecule has 26 heavy (non-hydrogen) atoms. The van der Waals surface area contributed by atoms with Gasteiger partial charge >= 0.3 is 0 Å². The molecule has 0 aliphatic rings. The van der Waals surface area contributed by atoms with Gasteiger partial charge in [0.25, 0.3) is 0 Å². The topological polar surface area (TPSA) is 76.0 Å². The minimum Gasteiger partial charge on any atom is -0.354 e. The average Bonchev–Trinajstić information content (AvgIpc) is 2.99. The van der Waals surface area contributed by atoms with E-state index in [-0.39, 0.29) is 23.4 Å². The molecule has 1 atom stereocenters. The highest BCUT2D eigenvalue weighted by atomic mass is 32.2. The van der Waals surface area contributed by atoms with Crippen LogP contribution in [-0.4, -0.2) is 39.9 Å². The molecule has 0 saturated carbocycles. The van der Waals surface area contributed by atoms with E-state index in [1.54, 1.807) is 19.1 Å². The molecule has 2 N–H and O–H groups in total. The summed E-state index contributed by atoms with van der Waals surface area (Å²) in [6.45, 7) is 4.18. The van der Waals surface area contributed by atoms with E-state index in [4.69, 9.17) is 12.2 Å². The fourth-order valence-electron chi connectivity index (χ4n) is 1.94. The van der Waals surface area contributed by atoms with E-state index in [2.05, 4.69) is 15.7 Å². The summed E-state index contributed by atoms with van der Waals surface area (Å²) in [7, 11) is 0. The predicted molar refractivity (Wildman–Crippen MR) is 104 cm³/mol. The molecule has 0 aliphatic carbocycles. The zero-order valence-electron chi connectivity index (χ0n) is 14.3. The lowest BCUT2D eigenvalue weighted by molar-refractivity contribution is -0.127. The van der Waals surface area contributed by atoms with E-state index in [1.807, 2.05) is 6.92 Å². The maximum Gasteiger partial charge on any atom is 0.242 e. The number of hydrogen-bond donors (Lipinski definition) is 2. The van der Waals surface area contributed by atoms with Gasteiger partial charge in [0.15, 0.2) is 8.29 Å². The van der Waals surface area contributed by atoms with Crippen LogP contribution in [0.15, 0.2) is 28.6 Å². The van der Waals surface area contributed by atoms with Crippen molar-refractivity contribution in [2.75, 3.05) is 12.3 Å². The van der Waals surface area contributed by atoms with Crippen LogP contribution < -0.4 is 10.6 Å². The molecule has 0 saturated heterocycles. The van der Waals surface area contributed by atoms with Crippen molar-refractivity contribution in [1.29, 1.82) is 0 Å². The Morgan fingerprint density at radius 2 is 2.08 bits per heavy atom. The zero-order valence-corrected chi connectivity index (χ0v) is 16.8. The third kappa shape index (κ3) is 5.89. The highest BCUT2D eigenvalue weighted by Gasteiger charge is 2.16. The molecule has 0 unspecified atom stereocenters. The van der Waals surface area contributed by atoms with E-state index in [1.165, 1.54) is 39.9 Å². The SMILES string of the molecule is CCCNC(=O)[C@H](C)NC(=O)CSc1nn(-c2ccc(F)cc2)c(=S)s1. The van der Waals surface area contributed by atoms with Gasteiger partial charge < -0.3 is 10.6 Å². The molecule has 10 heteroatoms. The lowest BCUT2D eigenvalue weighted by Gasteiger charge is -2.13. The molecule has 1 aromatic heterocycles. The van der Waals surface area contributed by atoms with Gasteiger partial charge in [0.1, 0.15) is 11.9 Å². The molecule has 1 heterocycles. The van der Waals surface area contributed by atoms with Gasteiger partial charge in [-0.15, -0.1) is 5.10 Å². The second kappa shape index (κ2) is 9.79. The fourth-order valence-corrected chi connectivity index (χ4v) is 4.11. The Morgan fingerprint density at radius 1 is 1.38 bits per heavy atom. The van der Waals surface area contributed by atoms with Crippen LogP contribution in [0.25, 0.3) is 5.69 Å². The number of nitrogens with one attached hydrogen (secondary N) is 2. The Balaban J connectivity index is 1.90. The maximum atomic E-state index is 13.0. The largest absolute Gasteiger partial charge is 0.354 e. The first kappa shape index (κ1) is 20.5. The van der Waals surface area contributed by atoms with Crippen molar-refractivity contribution >= 4 is 47.1 Å². The molecule has 2 rings (SSSR count). The second-order valence-electron chi connectivity index (χ2n) is 5.39. The highest BCUT2D eigenvalue weighted by molar-refractivity contribution is 8.01. The molecule has 0 bridgehead atoms. The van der Waals surface area contributed by atoms with Crippen LogP contribution in [0.3, 0.4) is 0 Å². The molecule has 140 valence electrons. The standard InChI is InChI=1S/C16H19FN4O2S3/c1-3-8-18-14(23)10(2)19-13(22)9-25-15-20-21(16(24)26-15)12-6-4-11(17)5-7-12/h4-7,10H,3,8-9H2,1-2H3,(H,18,23)(H,19,22)/t10-/m0/s1. The number of carbonyl (C=O) groups is 2. The number of hydrogen-bond acceptors (Lipinski definition) is 6. The number of benzene rings is 1. The molecule has 0 fully saturated rings. The normalized spacial score (nSPS) is 11.8. The molecule has 2 aromatic rings. The van der Waals surface area contributed by atoms with Crippen LogP contribution in [0.1, 0.15) is 20.3 Å². The Kier molecular flexibility index (Phi) is 7.73. The molecular weight excluding hydrogens is 395 g/mol. The molecule has 0 spiro atoms. The molecule has 2 amide bonds. The minimum atomic E-state index is -0.593. The van der Waals surface area contributed by atoms with Crippen molar-refractivity contribution in [2.45, 2.75) is 30.6 Å². The summed E-state index contributed by atoms with van der Waals surface area (Å²) in [6, 6.07) is 5.25. The molecule has 6 nitrogen and oxygen atoms in total. The molecule has 1 aromatic carbocycles. The maximum absolute atomic E-state index is 13.0. The lowest BCUT2D eigenvalue weighted by atomic mass is 10.3. The Bertz CT molecular complexity index is 820. The van der Waals surface area contributed by atoms with Crippen LogP contribution in [0, 0.1) is 9.77 Å². The van der Waals surface area contributed by atoms with Crippen LogP contribution in [-0.2, 0) is 9.59 Å². The fraction of sp³-hybridized carbons (Fsp3) is 0.375. The Hall–Kier alpha value is -1.78. The number of carbonyl (C=O) groups excluding carboxylic acids is 2. The first-order chi connectivity index (χ1) is 12.4. The highest BCUT2D eigenvalue weighted by Crippen LogP contribution is 2.24. The quantitative estimate of drug-likeness (QED) is 0.513. The number of rotatable bonds is 8. The lowest BCUT2D eigenvalue weighted by Crippen LogP contribution is -2.45. The van der Waals surface area contributed by atoms with E-state index >= 15 is 0 Å². The van der Waals surface area contributed by atoms with Gasteiger partial charge in [-0.3, -0.25) is 9.59 Å². The van der Waals surface area contributed by atoms with E-state index in [9.17, 15) is 14.0 Å². The van der Waals surface area contributed by atoms with Crippen LogP contribution in [0.4, 0.5) is 4.39 Å². The zero-order chi connectivity index (χ0) is 19.1. The van der Waals surface area contributed by atoms with E-state index in [0.717, 1.165) is 6.42 Å². The third-order valence-corrected chi connectivity index (χ3v) is 5.61. The van der Waals surface area contributed by atoms with Gasteiger partial charge in [0.2, 0.25) is 11.8 Å². The number of thioether (sulfide) groups is 1. The van der Waals surface area contributed by atoms with Crippen molar-refractivity contribution in [3.8, 4) is 5.69 Å². The number of aromatic nitrogens is 2. The van der Waals surface area contributed by atoms with Crippen molar-refractivity contribution < 1.29 is 14.0 Å². The smallest absolute Gasteiger partial charge is 0.242 e. The summed E-state index contributed by atoms with van der Waals surface area (Å²) >= 11 is 7.77. The van der Waals surface area contributed by atoms with Crippen LogP contribution in [0.2, 0.25) is 0 Å². The second-order valence-corrected chi connectivity index (χ2v) is 8.24. The minimum absolute atomic E-state index is 0.122. The first-order valence-corrected chi connectivity index (χ1v) is 10.2. The summed E-state index contributed by atoms with van der Waals surface area (Å²) in [5, 5.41) is 9.73. The van der Waals surface area contributed by atoms with Gasteiger partial charge in [-0.2, -0.15) is 0 Å². The van der Waals surface area contributed by atoms with Crippen molar-refractivity contribution in [3.05, 3.63) is 34.0 Å². The average molecular weight is 415 g/mol. The molecular formula is C16H19FN4O2S3. The summed E-state index contributed by atoms with van der Waals surface area (Å²) in [4.78, 5) is 23.7. The summed E-state index contributed by atoms with van der Waals surface area (Å²) in [6.07, 6.45) is 0.837. The van der Waals surface area contributed by atoms with Gasteiger partial charge in [0.05, 0.1) is 11.4 Å². The number of amides is 2. The van der Waals surface area contributed by atoms with Gasteiger partial charge in [-0.25, -0.2) is 9.07 Å². The molecule has 0 aliphatic heterocycles. The number of nitrogens with zero attached hydrogens (tertiary/aromatic N) is 2. The Labute approximate surface area is 164 Å². The van der Waals surface area contributed by atoms with Crippen LogP contribution >= 0.6 is 35.3 Å². The molecule has 0 radical (unpaired) electrons. The Morgan fingerprint density at radius 3 is 2.73 bits per heavy atom. The van der Waals surface area contributed by atoms with Crippen molar-refractivity contribution in [1.82, 2.24) is 20.4 Å². The van der Waals surface area contributed by atoms with Gasteiger partial charge in [-0.05, 0) is 49.8 Å². The van der Waals surface area contributed by atoms with Crippen molar-refractivity contribution in [2.24, 2.45) is 0 Å². The third-order valence-electron chi connectivity index (χ3n) is 3.25.